The molecule has 6 nitrogen and oxygen atoms in total. The van der Waals surface area contributed by atoms with Crippen molar-refractivity contribution in [2.24, 2.45) is 5.92 Å². The van der Waals surface area contributed by atoms with E-state index in [1.165, 1.54) is 10.2 Å². The van der Waals surface area contributed by atoms with Crippen LogP contribution in [0.15, 0.2) is 59.5 Å². The zero-order valence-electron chi connectivity index (χ0n) is 15.6. The number of hydrogen-bond acceptors (Lipinski definition) is 4. The molecule has 1 N–H and O–H groups in total. The summed E-state index contributed by atoms with van der Waals surface area (Å²) in [5.41, 5.74) is 1.85. The molecule has 1 aromatic heterocycles. The van der Waals surface area contributed by atoms with Crippen LogP contribution in [-0.2, 0) is 24.4 Å². The molecule has 1 fully saturated rings. The van der Waals surface area contributed by atoms with E-state index in [2.05, 4.69) is 11.2 Å². The first-order valence-electron chi connectivity index (χ1n) is 9.55. The van der Waals surface area contributed by atoms with Gasteiger partial charge in [0.25, 0.3) is 5.56 Å². The maximum atomic E-state index is 12.7. The molecule has 1 saturated heterocycles. The second-order valence-corrected chi connectivity index (χ2v) is 7.37. The maximum Gasteiger partial charge on any atom is 0.275 e. The van der Waals surface area contributed by atoms with Crippen molar-refractivity contribution in [3.8, 4) is 0 Å². The topological polar surface area (TPSA) is 75.4 Å². The molecule has 6 heteroatoms. The summed E-state index contributed by atoms with van der Waals surface area (Å²) in [7, 11) is 0. The van der Waals surface area contributed by atoms with Crippen LogP contribution >= 0.6 is 0 Å². The smallest absolute Gasteiger partial charge is 0.275 e. The van der Waals surface area contributed by atoms with Crippen molar-refractivity contribution in [2.75, 3.05) is 13.1 Å². The Morgan fingerprint density at radius 3 is 2.82 bits per heavy atom. The van der Waals surface area contributed by atoms with E-state index >= 15 is 0 Å². The summed E-state index contributed by atoms with van der Waals surface area (Å²) in [6, 6.07) is 15.2. The van der Waals surface area contributed by atoms with Crippen LogP contribution in [-0.4, -0.2) is 38.8 Å². The first kappa shape index (κ1) is 18.4. The summed E-state index contributed by atoms with van der Waals surface area (Å²) in [5, 5.41) is 14.8. The lowest BCUT2D eigenvalue weighted by Gasteiger charge is -2.17. The summed E-state index contributed by atoms with van der Waals surface area (Å²) in [4.78, 5) is 27.1. The number of aliphatic hydroxyl groups is 1. The minimum absolute atomic E-state index is 0.0314. The normalized spacial score (nSPS) is 16.6. The summed E-state index contributed by atoms with van der Waals surface area (Å²) in [5.74, 6) is 0.315. The van der Waals surface area contributed by atoms with Crippen molar-refractivity contribution in [1.82, 2.24) is 14.7 Å². The van der Waals surface area contributed by atoms with Crippen molar-refractivity contribution in [1.29, 1.82) is 0 Å². The molecule has 1 aliphatic heterocycles. The Morgan fingerprint density at radius 2 is 1.96 bits per heavy atom. The Hall–Kier alpha value is -2.99. The van der Waals surface area contributed by atoms with E-state index in [1.807, 2.05) is 41.3 Å². The standard InChI is InChI=1S/C22H23N3O3/c26-15-18-5-3-4-16(11-18)10-17-8-9-24(13-17)21(27)14-25-22(28)20-7-2-1-6-19(20)12-23-25/h1-7,11-12,17,26H,8-10,13-15H2/t17-/m1/s1. The van der Waals surface area contributed by atoms with Crippen LogP contribution in [0.4, 0.5) is 0 Å². The molecule has 28 heavy (non-hydrogen) atoms. The van der Waals surface area contributed by atoms with E-state index in [9.17, 15) is 14.7 Å². The number of carbonyl (C=O) groups excluding carboxylic acids is 1. The number of aliphatic hydroxyl groups excluding tert-OH is 1. The van der Waals surface area contributed by atoms with Crippen LogP contribution < -0.4 is 5.56 Å². The molecule has 0 spiro atoms. The Morgan fingerprint density at radius 1 is 1.14 bits per heavy atom. The molecule has 2 aromatic carbocycles. The number of nitrogens with zero attached hydrogens (tertiary/aromatic N) is 3. The zero-order valence-corrected chi connectivity index (χ0v) is 15.6. The van der Waals surface area contributed by atoms with E-state index in [1.54, 1.807) is 12.3 Å². The summed E-state index contributed by atoms with van der Waals surface area (Å²) in [6.45, 7) is 1.39. The third-order valence-corrected chi connectivity index (χ3v) is 5.38. The number of benzene rings is 2. The molecule has 144 valence electrons. The summed E-state index contributed by atoms with van der Waals surface area (Å²) < 4.78 is 1.25. The van der Waals surface area contributed by atoms with E-state index in [-0.39, 0.29) is 24.6 Å². The molecule has 1 aliphatic rings. The molecule has 0 aliphatic carbocycles. The van der Waals surface area contributed by atoms with Crippen LogP contribution in [0.1, 0.15) is 17.5 Å². The number of fused-ring (bicyclic) bond motifs is 1. The third kappa shape index (κ3) is 3.82. The van der Waals surface area contributed by atoms with E-state index in [4.69, 9.17) is 0 Å². The molecular weight excluding hydrogens is 354 g/mol. The number of aromatic nitrogens is 2. The number of rotatable bonds is 5. The second kappa shape index (κ2) is 7.94. The second-order valence-electron chi connectivity index (χ2n) is 7.37. The van der Waals surface area contributed by atoms with Gasteiger partial charge in [0.05, 0.1) is 18.2 Å². The van der Waals surface area contributed by atoms with Gasteiger partial charge in [0.1, 0.15) is 6.54 Å². The molecule has 1 atom stereocenters. The molecule has 0 bridgehead atoms. The zero-order chi connectivity index (χ0) is 19.5. The van der Waals surface area contributed by atoms with Crippen LogP contribution in [0.3, 0.4) is 0 Å². The summed E-state index contributed by atoms with van der Waals surface area (Å²) >= 11 is 0. The number of amides is 1. The lowest BCUT2D eigenvalue weighted by Crippen LogP contribution is -2.36. The molecule has 2 heterocycles. The van der Waals surface area contributed by atoms with E-state index in [0.717, 1.165) is 23.8 Å². The molecule has 0 saturated carbocycles. The highest BCUT2D eigenvalue weighted by molar-refractivity contribution is 5.81. The number of carbonyl (C=O) groups is 1. The van der Waals surface area contributed by atoms with Crippen LogP contribution in [0.5, 0.6) is 0 Å². The molecule has 0 radical (unpaired) electrons. The van der Waals surface area contributed by atoms with Gasteiger partial charge in [0, 0.05) is 18.5 Å². The van der Waals surface area contributed by atoms with Gasteiger partial charge in [0.2, 0.25) is 5.91 Å². The highest BCUT2D eigenvalue weighted by atomic mass is 16.3. The SMILES string of the molecule is O=C(Cn1ncc2ccccc2c1=O)N1CC[C@H](Cc2cccc(CO)c2)C1. The molecule has 0 unspecified atom stereocenters. The number of hydrogen-bond donors (Lipinski definition) is 1. The fourth-order valence-electron chi connectivity index (χ4n) is 3.88. The van der Waals surface area contributed by atoms with Crippen LogP contribution in [0.2, 0.25) is 0 Å². The average Bonchev–Trinajstić information content (AvgIpc) is 3.19. The van der Waals surface area contributed by atoms with Crippen LogP contribution in [0, 0.1) is 5.92 Å². The van der Waals surface area contributed by atoms with Gasteiger partial charge in [-0.3, -0.25) is 9.59 Å². The van der Waals surface area contributed by atoms with Crippen molar-refractivity contribution < 1.29 is 9.90 Å². The fourth-order valence-corrected chi connectivity index (χ4v) is 3.88. The predicted molar refractivity (Wildman–Crippen MR) is 107 cm³/mol. The third-order valence-electron chi connectivity index (χ3n) is 5.38. The predicted octanol–water partition coefficient (Wildman–Crippen LogP) is 1.98. The minimum atomic E-state index is -0.233. The van der Waals surface area contributed by atoms with Crippen molar-refractivity contribution >= 4 is 16.7 Å². The van der Waals surface area contributed by atoms with Gasteiger partial charge >= 0.3 is 0 Å². The molecule has 4 rings (SSSR count). The van der Waals surface area contributed by atoms with Crippen molar-refractivity contribution in [3.05, 3.63) is 76.2 Å². The van der Waals surface area contributed by atoms with E-state index < -0.39 is 0 Å². The van der Waals surface area contributed by atoms with Gasteiger partial charge in [-0.05, 0) is 36.0 Å². The first-order valence-corrected chi connectivity index (χ1v) is 9.55. The molecule has 3 aromatic rings. The van der Waals surface area contributed by atoms with Crippen molar-refractivity contribution in [3.63, 3.8) is 0 Å². The monoisotopic (exact) mass is 377 g/mol. The minimum Gasteiger partial charge on any atom is -0.392 e. The maximum absolute atomic E-state index is 12.7. The lowest BCUT2D eigenvalue weighted by molar-refractivity contribution is -0.131. The Balaban J connectivity index is 1.41. The highest BCUT2D eigenvalue weighted by Crippen LogP contribution is 2.22. The van der Waals surface area contributed by atoms with Crippen molar-refractivity contribution in [2.45, 2.75) is 26.0 Å². The molecular formula is C22H23N3O3. The van der Waals surface area contributed by atoms with E-state index in [0.29, 0.717) is 24.4 Å². The van der Waals surface area contributed by atoms with Gasteiger partial charge in [-0.25, -0.2) is 4.68 Å². The van der Waals surface area contributed by atoms with Crippen LogP contribution in [0.25, 0.3) is 10.8 Å². The molecule has 1 amide bonds. The Labute approximate surface area is 163 Å². The Bertz CT molecular complexity index is 1060. The Kier molecular flexibility index (Phi) is 5.21. The average molecular weight is 377 g/mol. The van der Waals surface area contributed by atoms with Gasteiger partial charge in [0.15, 0.2) is 0 Å². The van der Waals surface area contributed by atoms with Gasteiger partial charge in [-0.15, -0.1) is 0 Å². The highest BCUT2D eigenvalue weighted by Gasteiger charge is 2.26. The largest absolute Gasteiger partial charge is 0.392 e. The first-order chi connectivity index (χ1) is 13.6. The van der Waals surface area contributed by atoms with Gasteiger partial charge in [-0.1, -0.05) is 42.5 Å². The van der Waals surface area contributed by atoms with Gasteiger partial charge in [-0.2, -0.15) is 5.10 Å². The lowest BCUT2D eigenvalue weighted by atomic mass is 9.97. The quantitative estimate of drug-likeness (QED) is 0.738. The fraction of sp³-hybridized carbons (Fsp3) is 0.318. The van der Waals surface area contributed by atoms with Gasteiger partial charge < -0.3 is 10.0 Å². The summed E-state index contributed by atoms with van der Waals surface area (Å²) in [6.07, 6.45) is 3.45. The number of likely N-dealkylation sites (tertiary alicyclic amines) is 1.